The second-order valence-electron chi connectivity index (χ2n) is 5.52. The Morgan fingerprint density at radius 3 is 2.76 bits per heavy atom. The number of benzene rings is 1. The lowest BCUT2D eigenvalue weighted by Gasteiger charge is -2.03. The average molecular weight is 374 g/mol. The van der Waals surface area contributed by atoms with Crippen molar-refractivity contribution in [1.82, 2.24) is 10.3 Å². The molecule has 2 heterocycles. The number of thiazole rings is 1. The van der Waals surface area contributed by atoms with Crippen LogP contribution in [0.15, 0.2) is 29.3 Å². The van der Waals surface area contributed by atoms with E-state index in [1.165, 1.54) is 28.7 Å². The van der Waals surface area contributed by atoms with Crippen LogP contribution >= 0.6 is 23.1 Å². The van der Waals surface area contributed by atoms with Crippen molar-refractivity contribution in [3.05, 3.63) is 44.7 Å². The van der Waals surface area contributed by atoms with Crippen molar-refractivity contribution in [3.63, 3.8) is 0 Å². The maximum atomic E-state index is 11.9. The van der Waals surface area contributed by atoms with Gasteiger partial charge in [0.2, 0.25) is 5.91 Å². The van der Waals surface area contributed by atoms with Gasteiger partial charge in [0.1, 0.15) is 5.01 Å². The standard InChI is InChI=1S/C18H18N2O3S2/c1-3-23-17(22)8-13-18(12-6-4-11(2)5-7-12)20-16(25-13)9-15-19-14(21)10-24-15/h4-7,9H,3,8,10H2,1-2H3,(H,19,21)/b15-9+. The number of ether oxygens (including phenoxy) is 1. The molecule has 25 heavy (non-hydrogen) atoms. The van der Waals surface area contributed by atoms with Gasteiger partial charge in [0, 0.05) is 16.5 Å². The van der Waals surface area contributed by atoms with Crippen molar-refractivity contribution in [2.24, 2.45) is 0 Å². The number of thioether (sulfide) groups is 1. The fraction of sp³-hybridized carbons (Fsp3) is 0.278. The monoisotopic (exact) mass is 374 g/mol. The molecule has 0 spiro atoms. The number of nitrogens with one attached hydrogen (secondary N) is 1. The van der Waals surface area contributed by atoms with E-state index >= 15 is 0 Å². The lowest BCUT2D eigenvalue weighted by Crippen LogP contribution is -2.13. The Kier molecular flexibility index (Phi) is 5.55. The third-order valence-electron chi connectivity index (χ3n) is 3.53. The first-order valence-electron chi connectivity index (χ1n) is 7.92. The van der Waals surface area contributed by atoms with Crippen LogP contribution in [0.25, 0.3) is 17.3 Å². The first kappa shape index (κ1) is 17.7. The number of aryl methyl sites for hydroxylation is 1. The van der Waals surface area contributed by atoms with E-state index < -0.39 is 0 Å². The number of nitrogens with zero attached hydrogens (tertiary/aromatic N) is 1. The first-order valence-corrected chi connectivity index (χ1v) is 9.72. The van der Waals surface area contributed by atoms with Crippen molar-refractivity contribution in [1.29, 1.82) is 0 Å². The molecule has 0 radical (unpaired) electrons. The molecule has 7 heteroatoms. The van der Waals surface area contributed by atoms with Crippen LogP contribution in [0.5, 0.6) is 0 Å². The van der Waals surface area contributed by atoms with Gasteiger partial charge in [0.05, 0.1) is 29.5 Å². The van der Waals surface area contributed by atoms with Crippen LogP contribution in [-0.4, -0.2) is 29.2 Å². The van der Waals surface area contributed by atoms with Crippen molar-refractivity contribution in [2.75, 3.05) is 12.4 Å². The molecular weight excluding hydrogens is 356 g/mol. The van der Waals surface area contributed by atoms with Crippen molar-refractivity contribution in [2.45, 2.75) is 20.3 Å². The van der Waals surface area contributed by atoms with E-state index in [-0.39, 0.29) is 18.3 Å². The molecule has 130 valence electrons. The van der Waals surface area contributed by atoms with Gasteiger partial charge in [-0.3, -0.25) is 9.59 Å². The summed E-state index contributed by atoms with van der Waals surface area (Å²) >= 11 is 2.90. The molecule has 1 aromatic carbocycles. The van der Waals surface area contributed by atoms with Crippen LogP contribution in [0.3, 0.4) is 0 Å². The predicted molar refractivity (Wildman–Crippen MR) is 101 cm³/mol. The van der Waals surface area contributed by atoms with E-state index in [1.54, 1.807) is 6.92 Å². The molecule has 0 saturated carbocycles. The summed E-state index contributed by atoms with van der Waals surface area (Å²) < 4.78 is 5.08. The lowest BCUT2D eigenvalue weighted by molar-refractivity contribution is -0.142. The minimum atomic E-state index is -0.262. The fourth-order valence-electron chi connectivity index (χ4n) is 2.37. The highest BCUT2D eigenvalue weighted by Gasteiger charge is 2.19. The molecule has 0 atom stereocenters. The van der Waals surface area contributed by atoms with Crippen LogP contribution in [0, 0.1) is 6.92 Å². The Bertz CT molecular complexity index is 825. The third-order valence-corrected chi connectivity index (χ3v) is 5.46. The molecule has 3 rings (SSSR count). The van der Waals surface area contributed by atoms with Gasteiger partial charge in [-0.25, -0.2) is 4.98 Å². The molecule has 1 saturated heterocycles. The smallest absolute Gasteiger partial charge is 0.311 e. The lowest BCUT2D eigenvalue weighted by atomic mass is 10.1. The number of esters is 1. The summed E-state index contributed by atoms with van der Waals surface area (Å²) in [6.45, 7) is 4.18. The van der Waals surface area contributed by atoms with Crippen LogP contribution in [-0.2, 0) is 20.7 Å². The van der Waals surface area contributed by atoms with Gasteiger partial charge >= 0.3 is 5.97 Å². The summed E-state index contributed by atoms with van der Waals surface area (Å²) in [7, 11) is 0. The Hall–Kier alpha value is -2.12. The maximum Gasteiger partial charge on any atom is 0.311 e. The fourth-order valence-corrected chi connectivity index (χ4v) is 4.21. The van der Waals surface area contributed by atoms with Crippen LogP contribution in [0.4, 0.5) is 0 Å². The van der Waals surface area contributed by atoms with E-state index in [0.717, 1.165) is 26.2 Å². The van der Waals surface area contributed by atoms with Gasteiger partial charge in [-0.1, -0.05) is 41.6 Å². The predicted octanol–water partition coefficient (Wildman–Crippen LogP) is 3.39. The molecule has 1 N–H and O–H groups in total. The van der Waals surface area contributed by atoms with Gasteiger partial charge in [-0.2, -0.15) is 0 Å². The number of amides is 1. The molecule has 5 nitrogen and oxygen atoms in total. The molecule has 0 unspecified atom stereocenters. The molecule has 2 aromatic rings. The van der Waals surface area contributed by atoms with Gasteiger partial charge < -0.3 is 10.1 Å². The Labute approximate surface area is 154 Å². The summed E-state index contributed by atoms with van der Waals surface area (Å²) in [4.78, 5) is 28.8. The summed E-state index contributed by atoms with van der Waals surface area (Å²) in [5.74, 6) is 0.165. The highest BCUT2D eigenvalue weighted by molar-refractivity contribution is 8.04. The van der Waals surface area contributed by atoms with Crippen LogP contribution in [0.2, 0.25) is 0 Å². The van der Waals surface area contributed by atoms with Crippen molar-refractivity contribution in [3.8, 4) is 11.3 Å². The molecule has 1 amide bonds. The second kappa shape index (κ2) is 7.84. The Morgan fingerprint density at radius 2 is 2.12 bits per heavy atom. The largest absolute Gasteiger partial charge is 0.466 e. The number of carbonyl (C=O) groups excluding carboxylic acids is 2. The maximum absolute atomic E-state index is 11.9. The average Bonchev–Trinajstić information content (AvgIpc) is 3.15. The van der Waals surface area contributed by atoms with E-state index in [1.807, 2.05) is 37.3 Å². The normalized spacial score (nSPS) is 15.4. The number of aromatic nitrogens is 1. The highest BCUT2D eigenvalue weighted by atomic mass is 32.2. The minimum absolute atomic E-state index is 0.00156. The second-order valence-corrected chi connectivity index (χ2v) is 7.65. The van der Waals surface area contributed by atoms with Crippen molar-refractivity contribution >= 4 is 41.1 Å². The van der Waals surface area contributed by atoms with Gasteiger partial charge in [0.15, 0.2) is 0 Å². The zero-order chi connectivity index (χ0) is 17.8. The van der Waals surface area contributed by atoms with Crippen LogP contribution < -0.4 is 5.32 Å². The van der Waals surface area contributed by atoms with E-state index in [9.17, 15) is 9.59 Å². The zero-order valence-corrected chi connectivity index (χ0v) is 15.6. The summed E-state index contributed by atoms with van der Waals surface area (Å²) in [5, 5.41) is 4.35. The van der Waals surface area contributed by atoms with E-state index in [4.69, 9.17) is 4.74 Å². The number of hydrogen-bond donors (Lipinski definition) is 1. The van der Waals surface area contributed by atoms with Crippen molar-refractivity contribution < 1.29 is 14.3 Å². The Morgan fingerprint density at radius 1 is 1.36 bits per heavy atom. The molecule has 0 aliphatic carbocycles. The molecule has 0 bridgehead atoms. The topological polar surface area (TPSA) is 68.3 Å². The summed E-state index contributed by atoms with van der Waals surface area (Å²) in [5.41, 5.74) is 2.92. The molecule has 1 aliphatic rings. The zero-order valence-electron chi connectivity index (χ0n) is 14.0. The van der Waals surface area contributed by atoms with Gasteiger partial charge in [-0.05, 0) is 13.8 Å². The van der Waals surface area contributed by atoms with E-state index in [0.29, 0.717) is 12.4 Å². The first-order chi connectivity index (χ1) is 12.0. The van der Waals surface area contributed by atoms with E-state index in [2.05, 4.69) is 10.3 Å². The van der Waals surface area contributed by atoms with Gasteiger partial charge in [0.25, 0.3) is 0 Å². The third kappa shape index (κ3) is 4.49. The summed E-state index contributed by atoms with van der Waals surface area (Å²) in [6.07, 6.45) is 2.05. The summed E-state index contributed by atoms with van der Waals surface area (Å²) in [6, 6.07) is 8.05. The quantitative estimate of drug-likeness (QED) is 0.813. The molecular formula is C18H18N2O3S2. The van der Waals surface area contributed by atoms with Crippen LogP contribution in [0.1, 0.15) is 22.4 Å². The number of rotatable bonds is 5. The number of hydrogen-bond acceptors (Lipinski definition) is 6. The molecule has 1 aromatic heterocycles. The highest BCUT2D eigenvalue weighted by Crippen LogP contribution is 2.32. The Balaban J connectivity index is 1.94. The SMILES string of the molecule is CCOC(=O)Cc1sc(/C=C2\NC(=O)CS2)nc1-c1ccc(C)cc1. The van der Waals surface area contributed by atoms with Gasteiger partial charge in [-0.15, -0.1) is 11.3 Å². The minimum Gasteiger partial charge on any atom is -0.466 e. The molecule has 1 aliphatic heterocycles. The molecule has 1 fully saturated rings. The number of carbonyl (C=O) groups is 2.